The molecule has 4 rings (SSSR count). The number of hydrogen-bond donors (Lipinski definition) is 1. The topological polar surface area (TPSA) is 43.4 Å². The lowest BCUT2D eigenvalue weighted by Crippen LogP contribution is -2.01. The Kier molecular flexibility index (Phi) is 4.73. The zero-order valence-corrected chi connectivity index (χ0v) is 15.9. The molecule has 0 unspecified atom stereocenters. The molecule has 0 spiro atoms. The van der Waals surface area contributed by atoms with E-state index in [4.69, 9.17) is 26.1 Å². The summed E-state index contributed by atoms with van der Waals surface area (Å²) >= 11 is 6.37. The molecule has 4 aromatic rings. The molecule has 5 heteroatoms. The average molecular weight is 379 g/mol. The number of pyridine rings is 1. The molecule has 0 fully saturated rings. The van der Waals surface area contributed by atoms with E-state index in [9.17, 15) is 0 Å². The lowest BCUT2D eigenvalue weighted by molar-refractivity contribution is 0.348. The molecule has 1 heterocycles. The van der Waals surface area contributed by atoms with Gasteiger partial charge in [0, 0.05) is 5.39 Å². The monoisotopic (exact) mass is 378 g/mol. The van der Waals surface area contributed by atoms with Gasteiger partial charge in [-0.25, -0.2) is 4.98 Å². The third kappa shape index (κ3) is 3.13. The number of nitrogens with one attached hydrogen (secondary N) is 1. The van der Waals surface area contributed by atoms with Gasteiger partial charge >= 0.3 is 0 Å². The number of anilines is 2. The number of hydrogen-bond acceptors (Lipinski definition) is 4. The minimum absolute atomic E-state index is 0.547. The summed E-state index contributed by atoms with van der Waals surface area (Å²) in [5.74, 6) is 1.48. The van der Waals surface area contributed by atoms with Gasteiger partial charge in [0.25, 0.3) is 0 Å². The van der Waals surface area contributed by atoms with Crippen LogP contribution in [0.2, 0.25) is 5.02 Å². The molecule has 0 amide bonds. The molecule has 1 aromatic heterocycles. The predicted molar refractivity (Wildman–Crippen MR) is 112 cm³/mol. The number of para-hydroxylation sites is 2. The first kappa shape index (κ1) is 17.4. The second-order valence-electron chi connectivity index (χ2n) is 6.03. The zero-order valence-electron chi connectivity index (χ0n) is 15.1. The van der Waals surface area contributed by atoms with Crippen molar-refractivity contribution in [2.75, 3.05) is 19.0 Å². The van der Waals surface area contributed by atoms with Crippen molar-refractivity contribution in [3.63, 3.8) is 0 Å². The molecule has 0 saturated heterocycles. The Morgan fingerprint density at radius 1 is 0.963 bits per heavy atom. The summed E-state index contributed by atoms with van der Waals surface area (Å²) < 4.78 is 11.7. The van der Waals surface area contributed by atoms with Gasteiger partial charge in [0.05, 0.1) is 46.5 Å². The van der Waals surface area contributed by atoms with Crippen LogP contribution in [0.5, 0.6) is 11.5 Å². The first-order valence-electron chi connectivity index (χ1n) is 8.76. The summed E-state index contributed by atoms with van der Waals surface area (Å²) in [6.07, 6.45) is 0. The molecule has 0 radical (unpaired) electrons. The number of nitrogens with zero attached hydrogens (tertiary/aromatic N) is 1. The Morgan fingerprint density at radius 2 is 1.74 bits per heavy atom. The highest BCUT2D eigenvalue weighted by Crippen LogP contribution is 2.43. The number of halogens is 1. The van der Waals surface area contributed by atoms with Crippen LogP contribution < -0.4 is 14.8 Å². The first-order chi connectivity index (χ1) is 13.2. The second-order valence-corrected chi connectivity index (χ2v) is 6.44. The quantitative estimate of drug-likeness (QED) is 0.420. The molecular formula is C22H19ClN2O2. The molecule has 0 aliphatic heterocycles. The van der Waals surface area contributed by atoms with Crippen LogP contribution in [0.15, 0.2) is 60.7 Å². The predicted octanol–water partition coefficient (Wildman–Crippen LogP) is 6.19. The van der Waals surface area contributed by atoms with Crippen molar-refractivity contribution in [3.05, 3.63) is 65.7 Å². The van der Waals surface area contributed by atoms with Crippen LogP contribution in [0.4, 0.5) is 11.4 Å². The summed E-state index contributed by atoms with van der Waals surface area (Å²) in [6.45, 7) is 2.52. The molecule has 0 atom stereocenters. The van der Waals surface area contributed by atoms with Gasteiger partial charge in [-0.1, -0.05) is 35.9 Å². The van der Waals surface area contributed by atoms with Crippen LogP contribution in [0.1, 0.15) is 6.92 Å². The van der Waals surface area contributed by atoms with Gasteiger partial charge in [0.2, 0.25) is 0 Å². The highest BCUT2D eigenvalue weighted by atomic mass is 35.5. The fraction of sp³-hybridized carbons (Fsp3) is 0.136. The number of fused-ring (bicyclic) bond motifs is 2. The number of aromatic nitrogens is 1. The summed E-state index contributed by atoms with van der Waals surface area (Å²) in [5, 5.41) is 5.88. The zero-order chi connectivity index (χ0) is 18.8. The number of methoxy groups -OCH3 is 1. The molecule has 3 aromatic carbocycles. The summed E-state index contributed by atoms with van der Waals surface area (Å²) in [4.78, 5) is 4.81. The third-order valence-corrected chi connectivity index (χ3v) is 4.73. The average Bonchev–Trinajstić information content (AvgIpc) is 2.69. The van der Waals surface area contributed by atoms with E-state index in [1.165, 1.54) is 0 Å². The van der Waals surface area contributed by atoms with Crippen molar-refractivity contribution < 1.29 is 9.47 Å². The first-order valence-corrected chi connectivity index (χ1v) is 9.14. The third-order valence-electron chi connectivity index (χ3n) is 4.40. The van der Waals surface area contributed by atoms with Crippen LogP contribution in [0.3, 0.4) is 0 Å². The van der Waals surface area contributed by atoms with Crippen LogP contribution >= 0.6 is 11.6 Å². The number of benzene rings is 3. The highest BCUT2D eigenvalue weighted by molar-refractivity contribution is 6.33. The van der Waals surface area contributed by atoms with Gasteiger partial charge in [-0.05, 0) is 43.3 Å². The Morgan fingerprint density at radius 3 is 2.52 bits per heavy atom. The maximum atomic E-state index is 6.37. The minimum Gasteiger partial charge on any atom is -0.495 e. The van der Waals surface area contributed by atoms with E-state index in [2.05, 4.69) is 5.32 Å². The van der Waals surface area contributed by atoms with Crippen LogP contribution in [-0.4, -0.2) is 18.7 Å². The molecule has 0 aliphatic carbocycles. The Balaban J connectivity index is 2.06. The molecule has 136 valence electrons. The van der Waals surface area contributed by atoms with E-state index < -0.39 is 0 Å². The van der Waals surface area contributed by atoms with Crippen LogP contribution in [-0.2, 0) is 0 Å². The normalized spacial score (nSPS) is 10.9. The van der Waals surface area contributed by atoms with Gasteiger partial charge < -0.3 is 14.8 Å². The van der Waals surface area contributed by atoms with Gasteiger partial charge in [-0.3, -0.25) is 0 Å². The lowest BCUT2D eigenvalue weighted by Gasteiger charge is -2.18. The number of rotatable bonds is 5. The molecular weight excluding hydrogens is 360 g/mol. The Bertz CT molecular complexity index is 1130. The van der Waals surface area contributed by atoms with Crippen molar-refractivity contribution in [1.29, 1.82) is 0 Å². The van der Waals surface area contributed by atoms with E-state index in [1.54, 1.807) is 7.11 Å². The maximum absolute atomic E-state index is 6.37. The van der Waals surface area contributed by atoms with E-state index in [0.717, 1.165) is 38.9 Å². The molecule has 0 aliphatic rings. The standard InChI is InChI=1S/C22H19ClN2O2/c1-3-27-22-14-8-4-6-10-16(14)24-18-12-13-19(26-2)21(20(18)22)25-17-11-7-5-9-15(17)23/h4-13,25H,3H2,1-2H3. The Labute approximate surface area is 162 Å². The maximum Gasteiger partial charge on any atom is 0.143 e. The molecule has 1 N–H and O–H groups in total. The van der Waals surface area contributed by atoms with Crippen LogP contribution in [0, 0.1) is 0 Å². The fourth-order valence-corrected chi connectivity index (χ4v) is 3.39. The van der Waals surface area contributed by atoms with E-state index >= 15 is 0 Å². The lowest BCUT2D eigenvalue weighted by atomic mass is 10.1. The van der Waals surface area contributed by atoms with Crippen molar-refractivity contribution >= 4 is 44.8 Å². The summed E-state index contributed by atoms with van der Waals surface area (Å²) in [5.41, 5.74) is 3.29. The van der Waals surface area contributed by atoms with Crippen molar-refractivity contribution in [3.8, 4) is 11.5 Å². The minimum atomic E-state index is 0.547. The fourth-order valence-electron chi connectivity index (χ4n) is 3.21. The van der Waals surface area contributed by atoms with E-state index in [0.29, 0.717) is 17.4 Å². The van der Waals surface area contributed by atoms with Crippen molar-refractivity contribution in [1.82, 2.24) is 4.98 Å². The molecule has 27 heavy (non-hydrogen) atoms. The smallest absolute Gasteiger partial charge is 0.143 e. The molecule has 0 saturated carbocycles. The summed E-state index contributed by atoms with van der Waals surface area (Å²) in [6, 6.07) is 19.4. The van der Waals surface area contributed by atoms with Gasteiger partial charge in [-0.15, -0.1) is 0 Å². The van der Waals surface area contributed by atoms with Crippen molar-refractivity contribution in [2.24, 2.45) is 0 Å². The Hall–Kier alpha value is -2.98. The number of ether oxygens (including phenoxy) is 2. The van der Waals surface area contributed by atoms with Gasteiger partial charge in [-0.2, -0.15) is 0 Å². The molecule has 4 nitrogen and oxygen atoms in total. The van der Waals surface area contributed by atoms with E-state index in [-0.39, 0.29) is 0 Å². The SMILES string of the molecule is CCOc1c2ccccc2nc2ccc(OC)c(Nc3ccccc3Cl)c12. The summed E-state index contributed by atoms with van der Waals surface area (Å²) in [7, 11) is 1.65. The van der Waals surface area contributed by atoms with Gasteiger partial charge in [0.1, 0.15) is 11.5 Å². The van der Waals surface area contributed by atoms with E-state index in [1.807, 2.05) is 67.6 Å². The van der Waals surface area contributed by atoms with Crippen LogP contribution in [0.25, 0.3) is 21.8 Å². The largest absolute Gasteiger partial charge is 0.495 e. The second kappa shape index (κ2) is 7.33. The van der Waals surface area contributed by atoms with Crippen molar-refractivity contribution in [2.45, 2.75) is 6.92 Å². The highest BCUT2D eigenvalue weighted by Gasteiger charge is 2.18. The van der Waals surface area contributed by atoms with Gasteiger partial charge in [0.15, 0.2) is 0 Å². The molecule has 0 bridgehead atoms.